The van der Waals surface area contributed by atoms with Gasteiger partial charge in [-0.2, -0.15) is 0 Å². The number of benzene rings is 2. The average molecular weight is 557 g/mol. The molecule has 0 saturated carbocycles. The van der Waals surface area contributed by atoms with E-state index in [4.69, 9.17) is 9.47 Å². The third-order valence-corrected chi connectivity index (χ3v) is 6.85. The zero-order valence-electron chi connectivity index (χ0n) is 19.7. The van der Waals surface area contributed by atoms with Gasteiger partial charge in [0, 0.05) is 15.6 Å². The minimum absolute atomic E-state index is 0.0506. The number of phenols is 1. The van der Waals surface area contributed by atoms with Gasteiger partial charge in [-0.1, -0.05) is 45.5 Å². The monoisotopic (exact) mass is 556 g/mol. The molecule has 1 aliphatic rings. The van der Waals surface area contributed by atoms with Crippen LogP contribution in [0.3, 0.4) is 0 Å². The Bertz CT molecular complexity index is 1500. The SMILES string of the molecule is CCOC(=O)C1=C(C)N=c2s/c(=C\c3cc(Br)ccc3O)c(=O)n2[C@@H]1c1ccccc1OC(C)C. The van der Waals surface area contributed by atoms with Gasteiger partial charge in [-0.05, 0) is 58.0 Å². The van der Waals surface area contributed by atoms with E-state index in [1.165, 1.54) is 15.9 Å². The van der Waals surface area contributed by atoms with Crippen LogP contribution in [0.2, 0.25) is 0 Å². The van der Waals surface area contributed by atoms with Gasteiger partial charge in [-0.3, -0.25) is 9.36 Å². The molecule has 1 N–H and O–H groups in total. The quantitative estimate of drug-likeness (QED) is 0.462. The molecule has 0 aliphatic carbocycles. The molecule has 0 amide bonds. The maximum atomic E-state index is 13.7. The first-order valence-corrected chi connectivity index (χ1v) is 12.8. The normalized spacial score (nSPS) is 15.7. The Kier molecular flexibility index (Phi) is 7.28. The van der Waals surface area contributed by atoms with E-state index in [1.54, 1.807) is 38.1 Å². The summed E-state index contributed by atoms with van der Waals surface area (Å²) >= 11 is 4.59. The number of halogens is 1. The molecule has 9 heteroatoms. The molecule has 0 unspecified atom stereocenters. The number of rotatable bonds is 6. The highest BCUT2D eigenvalue weighted by molar-refractivity contribution is 9.10. The largest absolute Gasteiger partial charge is 0.507 e. The van der Waals surface area contributed by atoms with Crippen LogP contribution in [-0.2, 0) is 9.53 Å². The number of ether oxygens (including phenoxy) is 2. The highest BCUT2D eigenvalue weighted by atomic mass is 79.9. The Hall–Kier alpha value is -3.17. The van der Waals surface area contributed by atoms with E-state index in [0.717, 1.165) is 4.47 Å². The Balaban J connectivity index is 2.00. The van der Waals surface area contributed by atoms with Crippen molar-refractivity contribution in [2.75, 3.05) is 6.61 Å². The lowest BCUT2D eigenvalue weighted by Crippen LogP contribution is -2.40. The molecule has 0 spiro atoms. The van der Waals surface area contributed by atoms with Crippen molar-refractivity contribution in [2.45, 2.75) is 39.8 Å². The molecule has 1 atom stereocenters. The van der Waals surface area contributed by atoms with Crippen molar-refractivity contribution in [1.82, 2.24) is 4.57 Å². The number of nitrogens with zero attached hydrogens (tertiary/aromatic N) is 2. The van der Waals surface area contributed by atoms with Crippen molar-refractivity contribution in [2.24, 2.45) is 4.99 Å². The molecule has 4 rings (SSSR count). The highest BCUT2D eigenvalue weighted by Crippen LogP contribution is 2.36. The van der Waals surface area contributed by atoms with E-state index in [-0.39, 0.29) is 29.6 Å². The first kappa shape index (κ1) is 24.9. The van der Waals surface area contributed by atoms with Crippen LogP contribution < -0.4 is 19.6 Å². The van der Waals surface area contributed by atoms with Crippen LogP contribution >= 0.6 is 27.3 Å². The number of thiazole rings is 1. The number of phenolic OH excluding ortho intramolecular Hbond substituents is 1. The number of hydrogen-bond donors (Lipinski definition) is 1. The fourth-order valence-corrected chi connectivity index (χ4v) is 5.35. The van der Waals surface area contributed by atoms with Crippen LogP contribution in [0, 0.1) is 0 Å². The number of carbonyl (C=O) groups is 1. The summed E-state index contributed by atoms with van der Waals surface area (Å²) in [5, 5.41) is 10.3. The fraction of sp³-hybridized carbons (Fsp3) is 0.269. The van der Waals surface area contributed by atoms with Crippen LogP contribution in [0.15, 0.2) is 68.0 Å². The van der Waals surface area contributed by atoms with Crippen molar-refractivity contribution < 1.29 is 19.4 Å². The van der Waals surface area contributed by atoms with E-state index < -0.39 is 12.0 Å². The molecule has 0 fully saturated rings. The number of hydrogen-bond acceptors (Lipinski definition) is 7. The van der Waals surface area contributed by atoms with Gasteiger partial charge in [0.2, 0.25) is 0 Å². The highest BCUT2D eigenvalue weighted by Gasteiger charge is 2.35. The molecule has 1 aliphatic heterocycles. The molecule has 0 saturated heterocycles. The second-order valence-corrected chi connectivity index (χ2v) is 10.1. The topological polar surface area (TPSA) is 90.1 Å². The summed E-state index contributed by atoms with van der Waals surface area (Å²) in [6, 6.07) is 11.6. The second-order valence-electron chi connectivity index (χ2n) is 8.21. The number of aromatic nitrogens is 1. The molecule has 3 aromatic rings. The number of aromatic hydroxyl groups is 1. The maximum Gasteiger partial charge on any atom is 0.338 e. The molecule has 35 heavy (non-hydrogen) atoms. The van der Waals surface area contributed by atoms with Crippen molar-refractivity contribution >= 4 is 39.3 Å². The second kappa shape index (κ2) is 10.2. The molecular formula is C26H25BrN2O5S. The molecule has 0 radical (unpaired) electrons. The first-order chi connectivity index (χ1) is 16.7. The van der Waals surface area contributed by atoms with Gasteiger partial charge in [0.1, 0.15) is 17.5 Å². The minimum atomic E-state index is -0.779. The number of fused-ring (bicyclic) bond motifs is 1. The van der Waals surface area contributed by atoms with E-state index in [2.05, 4.69) is 20.9 Å². The standard InChI is InChI=1S/C26H25BrN2O5S/c1-5-33-25(32)22-15(4)28-26-29(23(22)18-8-6-7-9-20(18)34-14(2)3)24(31)21(35-26)13-16-12-17(27)10-11-19(16)30/h6-14,23,30H,5H2,1-4H3/b21-13-/t23-/m1/s1. The summed E-state index contributed by atoms with van der Waals surface area (Å²) in [4.78, 5) is 31.9. The Morgan fingerprint density at radius 2 is 2.03 bits per heavy atom. The number of allylic oxidation sites excluding steroid dienone is 1. The van der Waals surface area contributed by atoms with Crippen molar-refractivity contribution in [3.8, 4) is 11.5 Å². The summed E-state index contributed by atoms with van der Waals surface area (Å²) in [5.74, 6) is 0.0925. The molecule has 1 aromatic heterocycles. The van der Waals surface area contributed by atoms with E-state index >= 15 is 0 Å². The van der Waals surface area contributed by atoms with Crippen molar-refractivity contribution in [3.63, 3.8) is 0 Å². The van der Waals surface area contributed by atoms with Crippen molar-refractivity contribution in [3.05, 3.63) is 89.0 Å². The Morgan fingerprint density at radius 1 is 1.29 bits per heavy atom. The summed E-state index contributed by atoms with van der Waals surface area (Å²) in [5.41, 5.74) is 1.59. The van der Waals surface area contributed by atoms with Gasteiger partial charge < -0.3 is 14.6 Å². The van der Waals surface area contributed by atoms with Crippen LogP contribution in [0.4, 0.5) is 0 Å². The molecule has 0 bridgehead atoms. The summed E-state index contributed by atoms with van der Waals surface area (Å²) in [6.07, 6.45) is 1.52. The molecular weight excluding hydrogens is 532 g/mol. The summed E-state index contributed by atoms with van der Waals surface area (Å²) in [7, 11) is 0. The van der Waals surface area contributed by atoms with Crippen LogP contribution in [0.1, 0.15) is 44.9 Å². The van der Waals surface area contributed by atoms with Crippen LogP contribution in [-0.4, -0.2) is 28.4 Å². The van der Waals surface area contributed by atoms with Crippen molar-refractivity contribution in [1.29, 1.82) is 0 Å². The van der Waals surface area contributed by atoms with E-state index in [1.807, 2.05) is 38.1 Å². The van der Waals surface area contributed by atoms with Crippen LogP contribution in [0.5, 0.6) is 11.5 Å². The van der Waals surface area contributed by atoms with Gasteiger partial charge in [-0.15, -0.1) is 0 Å². The fourth-order valence-electron chi connectivity index (χ4n) is 3.94. The minimum Gasteiger partial charge on any atom is -0.507 e. The number of carbonyl (C=O) groups excluding carboxylic acids is 1. The van der Waals surface area contributed by atoms with Crippen LogP contribution in [0.25, 0.3) is 6.08 Å². The Labute approximate surface area is 214 Å². The smallest absolute Gasteiger partial charge is 0.338 e. The average Bonchev–Trinajstić information content (AvgIpc) is 3.10. The molecule has 182 valence electrons. The zero-order valence-corrected chi connectivity index (χ0v) is 22.1. The zero-order chi connectivity index (χ0) is 25.3. The van der Waals surface area contributed by atoms with Gasteiger partial charge in [0.25, 0.3) is 5.56 Å². The first-order valence-electron chi connectivity index (χ1n) is 11.1. The molecule has 7 nitrogen and oxygen atoms in total. The molecule has 2 heterocycles. The number of para-hydroxylation sites is 1. The van der Waals surface area contributed by atoms with Gasteiger partial charge >= 0.3 is 5.97 Å². The third-order valence-electron chi connectivity index (χ3n) is 5.37. The Morgan fingerprint density at radius 3 is 2.74 bits per heavy atom. The van der Waals surface area contributed by atoms with Gasteiger partial charge in [-0.25, -0.2) is 9.79 Å². The molecule has 2 aromatic carbocycles. The number of esters is 1. The van der Waals surface area contributed by atoms with Gasteiger partial charge in [0.15, 0.2) is 4.80 Å². The predicted octanol–water partition coefficient (Wildman–Crippen LogP) is 4.05. The third kappa shape index (κ3) is 4.97. The van der Waals surface area contributed by atoms with E-state index in [0.29, 0.717) is 31.9 Å². The predicted molar refractivity (Wildman–Crippen MR) is 138 cm³/mol. The van der Waals surface area contributed by atoms with E-state index in [9.17, 15) is 14.7 Å². The lowest BCUT2D eigenvalue weighted by molar-refractivity contribution is -0.139. The maximum absolute atomic E-state index is 13.7. The lowest BCUT2D eigenvalue weighted by Gasteiger charge is -2.26. The summed E-state index contributed by atoms with van der Waals surface area (Å²) < 4.78 is 14.1. The summed E-state index contributed by atoms with van der Waals surface area (Å²) in [6.45, 7) is 7.50. The van der Waals surface area contributed by atoms with Gasteiger partial charge in [0.05, 0.1) is 28.5 Å². The lowest BCUT2D eigenvalue weighted by atomic mass is 9.95.